The third kappa shape index (κ3) is 6.92. The van der Waals surface area contributed by atoms with Crippen molar-refractivity contribution in [1.82, 2.24) is 4.72 Å². The van der Waals surface area contributed by atoms with Crippen LogP contribution in [0.1, 0.15) is 53.9 Å². The number of unbranched alkanes of at least 4 members (excludes halogenated alkanes) is 1. The molecule has 2 rings (SSSR count). The van der Waals surface area contributed by atoms with Gasteiger partial charge >= 0.3 is 0 Å². The van der Waals surface area contributed by atoms with Gasteiger partial charge in [-0.2, -0.15) is 0 Å². The summed E-state index contributed by atoms with van der Waals surface area (Å²) in [6, 6.07) is 4.80. The molecular weight excluding hydrogens is 409 g/mol. The van der Waals surface area contributed by atoms with Crippen LogP contribution in [0.15, 0.2) is 18.2 Å². The first-order valence-corrected chi connectivity index (χ1v) is 11.9. The fraction of sp³-hybridized carbons (Fsp3) is 0.667. The van der Waals surface area contributed by atoms with E-state index < -0.39 is 20.6 Å². The first-order chi connectivity index (χ1) is 13.9. The summed E-state index contributed by atoms with van der Waals surface area (Å²) in [6.07, 6.45) is 1.36. The summed E-state index contributed by atoms with van der Waals surface area (Å²) in [5.74, 6) is -0.778. The molecule has 1 amide bonds. The number of sulfonamides is 1. The summed E-state index contributed by atoms with van der Waals surface area (Å²) in [5, 5.41) is 2.59. The number of carbonyl (C=O) groups is 1. The zero-order valence-corrected chi connectivity index (χ0v) is 19.3. The largest absolute Gasteiger partial charge is 0.372 e. The molecule has 1 fully saturated rings. The third-order valence-corrected chi connectivity index (χ3v) is 7.14. The normalized spacial score (nSPS) is 20.3. The number of nitrogens with one attached hydrogen (secondary N) is 2. The highest BCUT2D eigenvalue weighted by Gasteiger charge is 2.28. The Morgan fingerprint density at radius 3 is 2.40 bits per heavy atom. The van der Waals surface area contributed by atoms with E-state index in [0.29, 0.717) is 25.9 Å². The summed E-state index contributed by atoms with van der Waals surface area (Å²) >= 11 is 0. The van der Waals surface area contributed by atoms with Crippen molar-refractivity contribution < 1.29 is 22.3 Å². The van der Waals surface area contributed by atoms with Crippen molar-refractivity contribution in [2.75, 3.05) is 29.9 Å². The predicted molar refractivity (Wildman–Crippen MR) is 118 cm³/mol. The Labute approximate surface area is 179 Å². The Kier molecular flexibility index (Phi) is 8.24. The second-order valence-electron chi connectivity index (χ2n) is 8.84. The molecule has 0 unspecified atom stereocenters. The number of nitrogens with zero attached hydrogens (tertiary/aromatic N) is 1. The van der Waals surface area contributed by atoms with Crippen LogP contribution in [0.2, 0.25) is 0 Å². The van der Waals surface area contributed by atoms with Gasteiger partial charge < -0.3 is 15.0 Å². The van der Waals surface area contributed by atoms with E-state index in [-0.39, 0.29) is 36.8 Å². The standard InChI is InChI=1S/C21H34FN3O4S/c1-15-13-25(14-16(2)29-15)17-9-10-19(18(22)12-17)24-20(26)8-6-7-11-23-30(27,28)21(3,4)5/h9-10,12,15-16,23H,6-8,11,13-14H2,1-5H3,(H,24,26)/t15-,16+. The van der Waals surface area contributed by atoms with Crippen LogP contribution >= 0.6 is 0 Å². The summed E-state index contributed by atoms with van der Waals surface area (Å²) in [4.78, 5) is 14.2. The molecular formula is C21H34FN3O4S. The molecule has 2 N–H and O–H groups in total. The van der Waals surface area contributed by atoms with E-state index in [4.69, 9.17) is 4.74 Å². The van der Waals surface area contributed by atoms with Crippen LogP contribution in [0, 0.1) is 5.82 Å². The maximum atomic E-state index is 14.5. The van der Waals surface area contributed by atoms with E-state index in [1.165, 1.54) is 6.07 Å². The first-order valence-electron chi connectivity index (χ1n) is 10.4. The monoisotopic (exact) mass is 443 g/mol. The lowest BCUT2D eigenvalue weighted by molar-refractivity contribution is -0.116. The number of anilines is 2. The van der Waals surface area contributed by atoms with E-state index in [2.05, 4.69) is 14.9 Å². The van der Waals surface area contributed by atoms with Gasteiger partial charge in [0.05, 0.1) is 22.6 Å². The van der Waals surface area contributed by atoms with Crippen molar-refractivity contribution >= 4 is 27.3 Å². The molecule has 0 aromatic heterocycles. The topological polar surface area (TPSA) is 87.7 Å². The van der Waals surface area contributed by atoms with E-state index in [0.717, 1.165) is 5.69 Å². The van der Waals surface area contributed by atoms with E-state index >= 15 is 0 Å². The highest BCUT2D eigenvalue weighted by Crippen LogP contribution is 2.25. The number of benzene rings is 1. The second-order valence-corrected chi connectivity index (χ2v) is 11.4. The number of hydrogen-bond donors (Lipinski definition) is 2. The Morgan fingerprint density at radius 1 is 1.20 bits per heavy atom. The lowest BCUT2D eigenvalue weighted by atomic mass is 10.1. The summed E-state index contributed by atoms with van der Waals surface area (Å²) in [5.41, 5.74) is 0.908. The fourth-order valence-corrected chi connectivity index (χ4v) is 4.08. The number of morpholine rings is 1. The molecule has 1 aliphatic rings. The molecule has 1 aliphatic heterocycles. The molecule has 0 saturated carbocycles. The van der Waals surface area contributed by atoms with Crippen LogP contribution < -0.4 is 14.9 Å². The van der Waals surface area contributed by atoms with Crippen molar-refractivity contribution in [3.8, 4) is 0 Å². The number of rotatable bonds is 8. The minimum Gasteiger partial charge on any atom is -0.372 e. The molecule has 1 heterocycles. The molecule has 170 valence electrons. The lowest BCUT2D eigenvalue weighted by Gasteiger charge is -2.37. The summed E-state index contributed by atoms with van der Waals surface area (Å²) in [6.45, 7) is 10.5. The number of carbonyl (C=O) groups excluding carboxylic acids is 1. The SMILES string of the molecule is C[C@@H]1CN(c2ccc(NC(=O)CCCCNS(=O)(=O)C(C)(C)C)c(F)c2)C[C@H](C)O1. The average Bonchev–Trinajstić information content (AvgIpc) is 2.61. The van der Waals surface area contributed by atoms with Gasteiger partial charge in [0.25, 0.3) is 0 Å². The Morgan fingerprint density at radius 2 is 1.83 bits per heavy atom. The smallest absolute Gasteiger partial charge is 0.224 e. The zero-order valence-electron chi connectivity index (χ0n) is 18.5. The molecule has 1 aromatic carbocycles. The van der Waals surface area contributed by atoms with Crippen molar-refractivity contribution in [2.45, 2.75) is 70.8 Å². The molecule has 7 nitrogen and oxygen atoms in total. The van der Waals surface area contributed by atoms with Gasteiger partial charge in [-0.05, 0) is 65.7 Å². The molecule has 2 atom stereocenters. The van der Waals surface area contributed by atoms with E-state index in [1.54, 1.807) is 32.9 Å². The van der Waals surface area contributed by atoms with Crippen LogP contribution in [0.25, 0.3) is 0 Å². The number of amides is 1. The maximum Gasteiger partial charge on any atom is 0.224 e. The second kappa shape index (κ2) is 10.1. The van der Waals surface area contributed by atoms with Gasteiger partial charge in [-0.3, -0.25) is 4.79 Å². The van der Waals surface area contributed by atoms with Gasteiger partial charge in [0.1, 0.15) is 5.82 Å². The van der Waals surface area contributed by atoms with Gasteiger partial charge in [0, 0.05) is 31.7 Å². The van der Waals surface area contributed by atoms with Crippen LogP contribution in [0.5, 0.6) is 0 Å². The molecule has 0 radical (unpaired) electrons. The highest BCUT2D eigenvalue weighted by molar-refractivity contribution is 7.90. The van der Waals surface area contributed by atoms with Gasteiger partial charge in [0.2, 0.25) is 15.9 Å². The van der Waals surface area contributed by atoms with Gasteiger partial charge in [-0.25, -0.2) is 17.5 Å². The van der Waals surface area contributed by atoms with Crippen molar-refractivity contribution in [3.05, 3.63) is 24.0 Å². The van der Waals surface area contributed by atoms with Crippen LogP contribution in [-0.2, 0) is 19.6 Å². The zero-order chi connectivity index (χ0) is 22.5. The number of halogens is 1. The summed E-state index contributed by atoms with van der Waals surface area (Å²) in [7, 11) is -3.39. The van der Waals surface area contributed by atoms with Crippen LogP contribution in [0.3, 0.4) is 0 Å². The molecule has 30 heavy (non-hydrogen) atoms. The van der Waals surface area contributed by atoms with Crippen molar-refractivity contribution in [2.24, 2.45) is 0 Å². The van der Waals surface area contributed by atoms with Gasteiger partial charge in [0.15, 0.2) is 0 Å². The lowest BCUT2D eigenvalue weighted by Crippen LogP contribution is -2.45. The van der Waals surface area contributed by atoms with Crippen LogP contribution in [-0.4, -0.2) is 50.9 Å². The molecule has 0 aliphatic carbocycles. The van der Waals surface area contributed by atoms with E-state index in [1.807, 2.05) is 13.8 Å². The highest BCUT2D eigenvalue weighted by atomic mass is 32.2. The van der Waals surface area contributed by atoms with Crippen molar-refractivity contribution in [3.63, 3.8) is 0 Å². The number of hydrogen-bond acceptors (Lipinski definition) is 5. The third-order valence-electron chi connectivity index (χ3n) is 4.94. The quantitative estimate of drug-likeness (QED) is 0.602. The number of ether oxygens (including phenoxy) is 1. The molecule has 1 aromatic rings. The molecule has 0 spiro atoms. The fourth-order valence-electron chi connectivity index (χ4n) is 3.24. The van der Waals surface area contributed by atoms with Gasteiger partial charge in [-0.1, -0.05) is 0 Å². The Bertz CT molecular complexity index is 829. The first kappa shape index (κ1) is 24.6. The molecule has 1 saturated heterocycles. The Hall–Kier alpha value is -1.71. The average molecular weight is 444 g/mol. The van der Waals surface area contributed by atoms with Gasteiger partial charge in [-0.15, -0.1) is 0 Å². The minimum absolute atomic E-state index is 0.0732. The summed E-state index contributed by atoms with van der Waals surface area (Å²) < 4.78 is 45.8. The van der Waals surface area contributed by atoms with Crippen molar-refractivity contribution in [1.29, 1.82) is 0 Å². The Balaban J connectivity index is 1.80. The molecule has 0 bridgehead atoms. The predicted octanol–water partition coefficient (Wildman–Crippen LogP) is 3.27. The minimum atomic E-state index is -3.39. The maximum absolute atomic E-state index is 14.5. The van der Waals surface area contributed by atoms with E-state index in [9.17, 15) is 17.6 Å². The van der Waals surface area contributed by atoms with Crippen LogP contribution in [0.4, 0.5) is 15.8 Å². The molecule has 9 heteroatoms.